The van der Waals surface area contributed by atoms with Crippen LogP contribution in [0.3, 0.4) is 0 Å². The lowest BCUT2D eigenvalue weighted by Crippen LogP contribution is -2.36. The summed E-state index contributed by atoms with van der Waals surface area (Å²) in [6.45, 7) is 5.63. The molecular weight excluding hydrogens is 340 g/mol. The van der Waals surface area contributed by atoms with Crippen LogP contribution in [0.5, 0.6) is 11.5 Å². The van der Waals surface area contributed by atoms with Gasteiger partial charge in [0.2, 0.25) is 0 Å². The van der Waals surface area contributed by atoms with E-state index in [-0.39, 0.29) is 5.91 Å². The Balaban J connectivity index is 1.47. The SMILES string of the molecule is COc1ccccc1O[C@@H](C)C(=O)NCc1ccc(CN2CCCC2)cc1. The number of benzene rings is 2. The largest absolute Gasteiger partial charge is 0.493 e. The highest BCUT2D eigenvalue weighted by Crippen LogP contribution is 2.26. The molecule has 0 bridgehead atoms. The van der Waals surface area contributed by atoms with Gasteiger partial charge in [0.05, 0.1) is 7.11 Å². The molecule has 27 heavy (non-hydrogen) atoms. The molecule has 1 aliphatic rings. The van der Waals surface area contributed by atoms with E-state index in [0.29, 0.717) is 18.0 Å². The lowest BCUT2D eigenvalue weighted by Gasteiger charge is -2.17. The van der Waals surface area contributed by atoms with E-state index >= 15 is 0 Å². The van der Waals surface area contributed by atoms with Crippen molar-refractivity contribution in [2.75, 3.05) is 20.2 Å². The van der Waals surface area contributed by atoms with Gasteiger partial charge in [-0.1, -0.05) is 36.4 Å². The summed E-state index contributed by atoms with van der Waals surface area (Å²) in [6, 6.07) is 15.8. The van der Waals surface area contributed by atoms with Crippen molar-refractivity contribution < 1.29 is 14.3 Å². The van der Waals surface area contributed by atoms with Crippen LogP contribution < -0.4 is 14.8 Å². The number of methoxy groups -OCH3 is 1. The number of hydrogen-bond acceptors (Lipinski definition) is 4. The molecule has 0 aliphatic carbocycles. The third kappa shape index (κ3) is 5.47. The summed E-state index contributed by atoms with van der Waals surface area (Å²) >= 11 is 0. The summed E-state index contributed by atoms with van der Waals surface area (Å²) in [6.07, 6.45) is 2.01. The number of amides is 1. The second-order valence-corrected chi connectivity index (χ2v) is 6.93. The van der Waals surface area contributed by atoms with Crippen LogP contribution in [0.15, 0.2) is 48.5 Å². The molecule has 5 heteroatoms. The molecule has 1 N–H and O–H groups in total. The number of likely N-dealkylation sites (tertiary alicyclic amines) is 1. The molecule has 1 saturated heterocycles. The summed E-state index contributed by atoms with van der Waals surface area (Å²) in [5.41, 5.74) is 2.40. The Kier molecular flexibility index (Phi) is 6.71. The zero-order chi connectivity index (χ0) is 19.1. The van der Waals surface area contributed by atoms with Gasteiger partial charge in [-0.15, -0.1) is 0 Å². The predicted octanol–water partition coefficient (Wildman–Crippen LogP) is 3.37. The third-order valence-corrected chi connectivity index (χ3v) is 4.84. The molecule has 3 rings (SSSR count). The standard InChI is InChI=1S/C22H28N2O3/c1-17(27-21-8-4-3-7-20(21)26-2)22(25)23-15-18-9-11-19(12-10-18)16-24-13-5-6-14-24/h3-4,7-12,17H,5-6,13-16H2,1-2H3,(H,23,25)/t17-/m0/s1. The number of hydrogen-bond donors (Lipinski definition) is 1. The molecule has 1 fully saturated rings. The zero-order valence-corrected chi connectivity index (χ0v) is 16.1. The zero-order valence-electron chi connectivity index (χ0n) is 16.1. The van der Waals surface area contributed by atoms with E-state index in [1.165, 1.54) is 31.5 Å². The smallest absolute Gasteiger partial charge is 0.261 e. The number of nitrogens with zero attached hydrogens (tertiary/aromatic N) is 1. The fourth-order valence-corrected chi connectivity index (χ4v) is 3.25. The Morgan fingerprint density at radius 2 is 1.67 bits per heavy atom. The predicted molar refractivity (Wildman–Crippen MR) is 106 cm³/mol. The topological polar surface area (TPSA) is 50.8 Å². The highest BCUT2D eigenvalue weighted by molar-refractivity contribution is 5.80. The molecular formula is C22H28N2O3. The molecule has 1 heterocycles. The molecule has 1 atom stereocenters. The van der Waals surface area contributed by atoms with Gasteiger partial charge >= 0.3 is 0 Å². The van der Waals surface area contributed by atoms with Gasteiger partial charge in [0.1, 0.15) is 0 Å². The normalized spacial score (nSPS) is 15.3. The number of ether oxygens (including phenoxy) is 2. The van der Waals surface area contributed by atoms with Gasteiger partial charge in [-0.05, 0) is 56.1 Å². The summed E-state index contributed by atoms with van der Waals surface area (Å²) in [5, 5.41) is 2.93. The average molecular weight is 368 g/mol. The van der Waals surface area contributed by atoms with Crippen molar-refractivity contribution >= 4 is 5.91 Å². The van der Waals surface area contributed by atoms with E-state index in [4.69, 9.17) is 9.47 Å². The molecule has 2 aromatic carbocycles. The van der Waals surface area contributed by atoms with E-state index in [2.05, 4.69) is 34.5 Å². The van der Waals surface area contributed by atoms with Crippen molar-refractivity contribution in [3.63, 3.8) is 0 Å². The molecule has 5 nitrogen and oxygen atoms in total. The molecule has 0 spiro atoms. The maximum Gasteiger partial charge on any atom is 0.261 e. The monoisotopic (exact) mass is 368 g/mol. The summed E-state index contributed by atoms with van der Waals surface area (Å²) in [7, 11) is 1.58. The quantitative estimate of drug-likeness (QED) is 0.776. The van der Waals surface area contributed by atoms with E-state index in [9.17, 15) is 4.79 Å². The summed E-state index contributed by atoms with van der Waals surface area (Å²) < 4.78 is 11.0. The lowest BCUT2D eigenvalue weighted by atomic mass is 10.1. The fraction of sp³-hybridized carbons (Fsp3) is 0.409. The molecule has 0 saturated carbocycles. The summed E-state index contributed by atoms with van der Waals surface area (Å²) in [4.78, 5) is 14.8. The summed E-state index contributed by atoms with van der Waals surface area (Å²) in [5.74, 6) is 1.03. The highest BCUT2D eigenvalue weighted by Gasteiger charge is 2.16. The minimum absolute atomic E-state index is 0.151. The van der Waals surface area contributed by atoms with Crippen LogP contribution in [0.1, 0.15) is 30.9 Å². The first-order valence-corrected chi connectivity index (χ1v) is 9.53. The number of carbonyl (C=O) groups is 1. The second-order valence-electron chi connectivity index (χ2n) is 6.93. The Bertz CT molecular complexity index is 739. The van der Waals surface area contributed by atoms with Gasteiger partial charge in [-0.2, -0.15) is 0 Å². The first-order valence-electron chi connectivity index (χ1n) is 9.53. The van der Waals surface area contributed by atoms with Crippen LogP contribution in [0, 0.1) is 0 Å². The van der Waals surface area contributed by atoms with Crippen molar-refractivity contribution in [1.29, 1.82) is 0 Å². The Morgan fingerprint density at radius 3 is 2.33 bits per heavy atom. The van der Waals surface area contributed by atoms with Crippen LogP contribution in [0.2, 0.25) is 0 Å². The Hall–Kier alpha value is -2.53. The first kappa shape index (κ1) is 19.2. The Morgan fingerprint density at radius 1 is 1.04 bits per heavy atom. The van der Waals surface area contributed by atoms with E-state index < -0.39 is 6.10 Å². The van der Waals surface area contributed by atoms with Gasteiger partial charge in [0.15, 0.2) is 17.6 Å². The van der Waals surface area contributed by atoms with Crippen molar-refractivity contribution in [2.45, 2.75) is 39.0 Å². The number of carbonyl (C=O) groups excluding carboxylic acids is 1. The average Bonchev–Trinajstić information content (AvgIpc) is 3.20. The molecule has 0 radical (unpaired) electrons. The first-order chi connectivity index (χ1) is 13.2. The van der Waals surface area contributed by atoms with Crippen molar-refractivity contribution in [3.8, 4) is 11.5 Å². The third-order valence-electron chi connectivity index (χ3n) is 4.84. The molecule has 1 aliphatic heterocycles. The lowest BCUT2D eigenvalue weighted by molar-refractivity contribution is -0.127. The maximum atomic E-state index is 12.3. The van der Waals surface area contributed by atoms with Crippen LogP contribution in [0.25, 0.3) is 0 Å². The maximum absolute atomic E-state index is 12.3. The molecule has 0 aromatic heterocycles. The van der Waals surface area contributed by atoms with Gasteiger partial charge in [0.25, 0.3) is 5.91 Å². The van der Waals surface area contributed by atoms with Gasteiger partial charge in [-0.25, -0.2) is 0 Å². The minimum Gasteiger partial charge on any atom is -0.493 e. The number of nitrogens with one attached hydrogen (secondary N) is 1. The van der Waals surface area contributed by atoms with E-state index in [1.54, 1.807) is 20.1 Å². The Labute approximate surface area is 161 Å². The van der Waals surface area contributed by atoms with Crippen LogP contribution in [-0.2, 0) is 17.9 Å². The van der Waals surface area contributed by atoms with Gasteiger partial charge < -0.3 is 14.8 Å². The van der Waals surface area contributed by atoms with Gasteiger partial charge in [0, 0.05) is 13.1 Å². The van der Waals surface area contributed by atoms with Crippen LogP contribution in [0.4, 0.5) is 0 Å². The van der Waals surface area contributed by atoms with Crippen LogP contribution in [-0.4, -0.2) is 37.1 Å². The van der Waals surface area contributed by atoms with Gasteiger partial charge in [-0.3, -0.25) is 9.69 Å². The van der Waals surface area contributed by atoms with E-state index in [0.717, 1.165) is 12.1 Å². The molecule has 1 amide bonds. The number of rotatable bonds is 8. The van der Waals surface area contributed by atoms with E-state index in [1.807, 2.05) is 18.2 Å². The van der Waals surface area contributed by atoms with Crippen molar-refractivity contribution in [3.05, 3.63) is 59.7 Å². The van der Waals surface area contributed by atoms with Crippen molar-refractivity contribution in [2.24, 2.45) is 0 Å². The number of para-hydroxylation sites is 2. The van der Waals surface area contributed by atoms with Crippen molar-refractivity contribution in [1.82, 2.24) is 10.2 Å². The molecule has 2 aromatic rings. The molecule has 0 unspecified atom stereocenters. The highest BCUT2D eigenvalue weighted by atomic mass is 16.5. The van der Waals surface area contributed by atoms with Crippen LogP contribution >= 0.6 is 0 Å². The minimum atomic E-state index is -0.601. The molecule has 144 valence electrons. The second kappa shape index (κ2) is 9.42. The fourth-order valence-electron chi connectivity index (χ4n) is 3.25.